The van der Waals surface area contributed by atoms with E-state index >= 15 is 0 Å². The molecule has 1 nitrogen and oxygen atoms in total. The second-order valence-corrected chi connectivity index (χ2v) is 3.50. The van der Waals surface area contributed by atoms with Crippen molar-refractivity contribution in [3.8, 4) is 0 Å². The predicted octanol–water partition coefficient (Wildman–Crippen LogP) is 2.24. The summed E-state index contributed by atoms with van der Waals surface area (Å²) < 4.78 is 6.66. The lowest BCUT2D eigenvalue weighted by molar-refractivity contribution is 0.125. The van der Waals surface area contributed by atoms with Crippen LogP contribution in [0.5, 0.6) is 0 Å². The van der Waals surface area contributed by atoms with Crippen molar-refractivity contribution in [3.63, 3.8) is 0 Å². The van der Waals surface area contributed by atoms with Crippen LogP contribution >= 0.6 is 22.6 Å². The third-order valence-electron chi connectivity index (χ3n) is 1.91. The molecule has 9 heavy (non-hydrogen) atoms. The summed E-state index contributed by atoms with van der Waals surface area (Å²) in [4.78, 5) is 0. The molecule has 2 atom stereocenters. The van der Waals surface area contributed by atoms with Gasteiger partial charge in [0.2, 0.25) is 0 Å². The van der Waals surface area contributed by atoms with Crippen LogP contribution in [0.3, 0.4) is 0 Å². The van der Waals surface area contributed by atoms with E-state index in [0.29, 0.717) is 6.10 Å². The number of alkyl halides is 1. The van der Waals surface area contributed by atoms with Crippen LogP contribution in [0.25, 0.3) is 0 Å². The van der Waals surface area contributed by atoms with E-state index < -0.39 is 0 Å². The van der Waals surface area contributed by atoms with E-state index in [0.717, 1.165) is 17.0 Å². The number of halogens is 1. The molecule has 54 valence electrons. The molecule has 0 spiro atoms. The maximum atomic E-state index is 5.50. The van der Waals surface area contributed by atoms with Crippen LogP contribution in [-0.4, -0.2) is 17.1 Å². The van der Waals surface area contributed by atoms with E-state index in [2.05, 4.69) is 29.5 Å². The summed E-state index contributed by atoms with van der Waals surface area (Å²) in [6.45, 7) is 3.24. The van der Waals surface area contributed by atoms with Gasteiger partial charge in [-0.05, 0) is 12.3 Å². The maximum absolute atomic E-state index is 5.50. The molecular weight excluding hydrogens is 227 g/mol. The molecule has 0 unspecified atom stereocenters. The van der Waals surface area contributed by atoms with Crippen molar-refractivity contribution >= 4 is 22.6 Å². The third kappa shape index (κ3) is 2.08. The van der Waals surface area contributed by atoms with Crippen molar-refractivity contribution in [2.75, 3.05) is 11.0 Å². The van der Waals surface area contributed by atoms with Crippen LogP contribution in [0, 0.1) is 5.92 Å². The van der Waals surface area contributed by atoms with Gasteiger partial charge in [-0.2, -0.15) is 0 Å². The lowest BCUT2D eigenvalue weighted by Crippen LogP contribution is -2.05. The first-order valence-electron chi connectivity index (χ1n) is 3.54. The van der Waals surface area contributed by atoms with Crippen LogP contribution in [-0.2, 0) is 4.74 Å². The Bertz CT molecular complexity index is 75.0. The Morgan fingerprint density at radius 3 is 2.78 bits per heavy atom. The molecule has 0 radical (unpaired) electrons. The molecule has 1 rings (SSSR count). The highest BCUT2D eigenvalue weighted by Crippen LogP contribution is 2.22. The van der Waals surface area contributed by atoms with E-state index in [4.69, 9.17) is 4.74 Å². The Labute approximate surface area is 70.3 Å². The van der Waals surface area contributed by atoms with Gasteiger partial charge in [-0.25, -0.2) is 0 Å². The number of hydrogen-bond donors (Lipinski definition) is 0. The highest BCUT2D eigenvalue weighted by molar-refractivity contribution is 14.1. The summed E-state index contributed by atoms with van der Waals surface area (Å²) >= 11 is 2.39. The summed E-state index contributed by atoms with van der Waals surface area (Å²) in [6.07, 6.45) is 3.14. The predicted molar refractivity (Wildman–Crippen MR) is 47.0 cm³/mol. The monoisotopic (exact) mass is 240 g/mol. The van der Waals surface area contributed by atoms with E-state index in [1.54, 1.807) is 0 Å². The SMILES string of the molecule is CC[C@H]1CO[C@H](CI)C1. The summed E-state index contributed by atoms with van der Waals surface area (Å²) in [5, 5.41) is 0. The van der Waals surface area contributed by atoms with Crippen molar-refractivity contribution in [3.05, 3.63) is 0 Å². The van der Waals surface area contributed by atoms with Crippen molar-refractivity contribution in [2.24, 2.45) is 5.92 Å². The second kappa shape index (κ2) is 3.76. The van der Waals surface area contributed by atoms with Gasteiger partial charge in [0.25, 0.3) is 0 Å². The molecule has 0 amide bonds. The Kier molecular flexibility index (Phi) is 3.26. The summed E-state index contributed by atoms with van der Waals surface area (Å²) in [5.41, 5.74) is 0. The van der Waals surface area contributed by atoms with Crippen LogP contribution in [0.4, 0.5) is 0 Å². The minimum atomic E-state index is 0.565. The van der Waals surface area contributed by atoms with Crippen LogP contribution in [0.2, 0.25) is 0 Å². The number of ether oxygens (including phenoxy) is 1. The van der Waals surface area contributed by atoms with Crippen molar-refractivity contribution in [2.45, 2.75) is 25.9 Å². The van der Waals surface area contributed by atoms with Gasteiger partial charge >= 0.3 is 0 Å². The average Bonchev–Trinajstić information content (AvgIpc) is 2.34. The molecule has 1 fully saturated rings. The van der Waals surface area contributed by atoms with Gasteiger partial charge in [-0.3, -0.25) is 0 Å². The van der Waals surface area contributed by atoms with Crippen LogP contribution in [0.1, 0.15) is 19.8 Å². The second-order valence-electron chi connectivity index (χ2n) is 2.62. The Morgan fingerprint density at radius 2 is 2.44 bits per heavy atom. The first-order chi connectivity index (χ1) is 4.36. The van der Waals surface area contributed by atoms with E-state index in [9.17, 15) is 0 Å². The largest absolute Gasteiger partial charge is 0.377 e. The normalized spacial score (nSPS) is 35.3. The van der Waals surface area contributed by atoms with Gasteiger partial charge in [0.15, 0.2) is 0 Å². The van der Waals surface area contributed by atoms with Gasteiger partial charge in [0.05, 0.1) is 6.10 Å². The van der Waals surface area contributed by atoms with E-state index in [-0.39, 0.29) is 0 Å². The Hall–Kier alpha value is 0.690. The average molecular weight is 240 g/mol. The van der Waals surface area contributed by atoms with Gasteiger partial charge < -0.3 is 4.74 Å². The fraction of sp³-hybridized carbons (Fsp3) is 1.00. The highest BCUT2D eigenvalue weighted by atomic mass is 127. The van der Waals surface area contributed by atoms with Crippen molar-refractivity contribution in [1.82, 2.24) is 0 Å². The molecule has 0 N–H and O–H groups in total. The topological polar surface area (TPSA) is 9.23 Å². The summed E-state index contributed by atoms with van der Waals surface area (Å²) in [7, 11) is 0. The van der Waals surface area contributed by atoms with Gasteiger partial charge in [0.1, 0.15) is 0 Å². The molecular formula is C7H13IO. The Balaban J connectivity index is 2.20. The minimum Gasteiger partial charge on any atom is -0.377 e. The molecule has 1 aliphatic rings. The highest BCUT2D eigenvalue weighted by Gasteiger charge is 2.22. The molecule has 0 aliphatic carbocycles. The van der Waals surface area contributed by atoms with Gasteiger partial charge in [0, 0.05) is 11.0 Å². The molecule has 1 heterocycles. The molecule has 1 aliphatic heterocycles. The maximum Gasteiger partial charge on any atom is 0.0668 e. The van der Waals surface area contributed by atoms with Crippen LogP contribution in [0.15, 0.2) is 0 Å². The van der Waals surface area contributed by atoms with Gasteiger partial charge in [-0.15, -0.1) is 0 Å². The molecule has 0 aromatic carbocycles. The summed E-state index contributed by atoms with van der Waals surface area (Å²) in [5.74, 6) is 0.852. The van der Waals surface area contributed by atoms with Crippen molar-refractivity contribution < 1.29 is 4.74 Å². The minimum absolute atomic E-state index is 0.565. The third-order valence-corrected chi connectivity index (χ3v) is 2.90. The zero-order chi connectivity index (χ0) is 6.69. The van der Waals surface area contributed by atoms with Crippen LogP contribution < -0.4 is 0 Å². The molecule has 2 heteroatoms. The zero-order valence-electron chi connectivity index (χ0n) is 5.77. The molecule has 0 saturated carbocycles. The molecule has 1 saturated heterocycles. The number of rotatable bonds is 2. The smallest absolute Gasteiger partial charge is 0.0668 e. The summed E-state index contributed by atoms with van der Waals surface area (Å²) in [6, 6.07) is 0. The lowest BCUT2D eigenvalue weighted by Gasteiger charge is -2.01. The fourth-order valence-electron chi connectivity index (χ4n) is 1.17. The van der Waals surface area contributed by atoms with E-state index in [1.807, 2.05) is 0 Å². The Morgan fingerprint density at radius 1 is 1.67 bits per heavy atom. The molecule has 0 bridgehead atoms. The molecule has 0 aromatic rings. The first-order valence-corrected chi connectivity index (χ1v) is 5.07. The lowest BCUT2D eigenvalue weighted by atomic mass is 10.0. The molecule has 0 aromatic heterocycles. The van der Waals surface area contributed by atoms with E-state index in [1.165, 1.54) is 12.8 Å². The number of hydrogen-bond acceptors (Lipinski definition) is 1. The zero-order valence-corrected chi connectivity index (χ0v) is 7.93. The van der Waals surface area contributed by atoms with Gasteiger partial charge in [-0.1, -0.05) is 35.9 Å². The van der Waals surface area contributed by atoms with Crippen molar-refractivity contribution in [1.29, 1.82) is 0 Å². The quantitative estimate of drug-likeness (QED) is 0.531. The first kappa shape index (κ1) is 7.79. The standard InChI is InChI=1S/C7H13IO/c1-2-6-3-7(4-8)9-5-6/h6-7H,2-5H2,1H3/t6-,7+/m1/s1. The fourth-order valence-corrected chi connectivity index (χ4v) is 1.79.